The lowest BCUT2D eigenvalue weighted by Gasteiger charge is -2.32. The molecule has 0 radical (unpaired) electrons. The lowest BCUT2D eigenvalue weighted by atomic mass is 9.77. The van der Waals surface area contributed by atoms with E-state index >= 15 is 0 Å². The van der Waals surface area contributed by atoms with Gasteiger partial charge >= 0.3 is 7.12 Å². The first-order valence-corrected chi connectivity index (χ1v) is 15.8. The highest BCUT2D eigenvalue weighted by Crippen LogP contribution is 2.36. The van der Waals surface area contributed by atoms with Crippen LogP contribution in [0.25, 0.3) is 0 Å². The maximum atomic E-state index is 11.9. The summed E-state index contributed by atoms with van der Waals surface area (Å²) in [6.07, 6.45) is 4.88. The first kappa shape index (κ1) is 41.3. The van der Waals surface area contributed by atoms with Crippen LogP contribution < -0.4 is 5.46 Å². The van der Waals surface area contributed by atoms with Crippen LogP contribution in [0.1, 0.15) is 83.3 Å². The average Bonchev–Trinajstić information content (AvgIpc) is 3.17. The van der Waals surface area contributed by atoms with E-state index < -0.39 is 12.4 Å². The van der Waals surface area contributed by atoms with E-state index in [0.717, 1.165) is 31.1 Å². The van der Waals surface area contributed by atoms with Gasteiger partial charge in [-0.1, -0.05) is 7.43 Å². The molecule has 1 saturated heterocycles. The molecule has 0 aromatic carbocycles. The number of hydrogen-bond acceptors (Lipinski definition) is 8. The molecular formula is C32H43BBr2ClN5O5. The Morgan fingerprint density at radius 1 is 0.696 bits per heavy atom. The van der Waals surface area contributed by atoms with Gasteiger partial charge in [0.05, 0.1) is 11.2 Å². The third kappa shape index (κ3) is 10.7. The van der Waals surface area contributed by atoms with Crippen molar-refractivity contribution in [3.05, 3.63) is 79.5 Å². The fourth-order valence-electron chi connectivity index (χ4n) is 3.66. The van der Waals surface area contributed by atoms with Crippen LogP contribution in [0.4, 0.5) is 0 Å². The van der Waals surface area contributed by atoms with Crippen LogP contribution in [0.5, 0.6) is 0 Å². The van der Waals surface area contributed by atoms with Crippen LogP contribution in [0.2, 0.25) is 0 Å². The zero-order valence-corrected chi connectivity index (χ0v) is 31.4. The Morgan fingerprint density at radius 2 is 1.04 bits per heavy atom. The van der Waals surface area contributed by atoms with Gasteiger partial charge in [0.2, 0.25) is 0 Å². The van der Waals surface area contributed by atoms with E-state index in [1.807, 2.05) is 48.5 Å². The molecule has 4 rings (SSSR count). The van der Waals surface area contributed by atoms with Gasteiger partial charge in [-0.3, -0.25) is 24.4 Å². The van der Waals surface area contributed by atoms with Crippen molar-refractivity contribution in [1.29, 1.82) is 0 Å². The standard InChI is InChI=1S/C15H23BN2O3.C9H11BrN2O.C7H5BrClNO.CH4/c1-10-8-12(13(19)18(6)7)17-9-11(10)16-20-14(2,3)15(4,5)21-16;1-6-4-8(9(13)12(2)3)11-5-7(6)10;1-4-2-6(7(9)11)10-3-5(4)8;/h8-9H,1-7H3;4-5H,1-3H3;2-3H,1H3;1H4. The predicted octanol–water partition coefficient (Wildman–Crippen LogP) is 6.41. The van der Waals surface area contributed by atoms with Crippen LogP contribution in [0, 0.1) is 20.8 Å². The second kappa shape index (κ2) is 16.9. The third-order valence-electron chi connectivity index (χ3n) is 7.20. The highest BCUT2D eigenvalue weighted by atomic mass is 79.9. The summed E-state index contributed by atoms with van der Waals surface area (Å²) in [6.45, 7) is 13.8. The van der Waals surface area contributed by atoms with Gasteiger partial charge in [-0.2, -0.15) is 0 Å². The molecule has 250 valence electrons. The van der Waals surface area contributed by atoms with E-state index in [-0.39, 0.29) is 36.1 Å². The summed E-state index contributed by atoms with van der Waals surface area (Å²) < 4.78 is 13.8. The van der Waals surface area contributed by atoms with Gasteiger partial charge in [0.15, 0.2) is 0 Å². The number of nitrogens with zero attached hydrogens (tertiary/aromatic N) is 5. The second-order valence-electron chi connectivity index (χ2n) is 11.8. The van der Waals surface area contributed by atoms with E-state index in [0.29, 0.717) is 11.4 Å². The van der Waals surface area contributed by atoms with Crippen LogP contribution in [0.3, 0.4) is 0 Å². The fourth-order valence-corrected chi connectivity index (χ4v) is 4.20. The fraction of sp³-hybridized carbons (Fsp3) is 0.438. The van der Waals surface area contributed by atoms with Gasteiger partial charge in [-0.15, -0.1) is 0 Å². The molecule has 0 spiro atoms. The number of hydrogen-bond donors (Lipinski definition) is 0. The largest absolute Gasteiger partial charge is 0.496 e. The predicted molar refractivity (Wildman–Crippen MR) is 191 cm³/mol. The van der Waals surface area contributed by atoms with Gasteiger partial charge in [0, 0.05) is 61.2 Å². The van der Waals surface area contributed by atoms with E-state index in [1.165, 1.54) is 9.80 Å². The van der Waals surface area contributed by atoms with Crippen LogP contribution >= 0.6 is 43.5 Å². The minimum absolute atomic E-state index is 0. The highest BCUT2D eigenvalue weighted by molar-refractivity contribution is 9.10. The summed E-state index contributed by atoms with van der Waals surface area (Å²) in [6, 6.07) is 5.19. The van der Waals surface area contributed by atoms with Gasteiger partial charge < -0.3 is 19.1 Å². The van der Waals surface area contributed by atoms with E-state index in [4.69, 9.17) is 20.9 Å². The lowest BCUT2D eigenvalue weighted by Crippen LogP contribution is -2.41. The van der Waals surface area contributed by atoms with Gasteiger partial charge in [0.1, 0.15) is 17.1 Å². The highest BCUT2D eigenvalue weighted by Gasteiger charge is 2.52. The minimum Gasteiger partial charge on any atom is -0.399 e. The van der Waals surface area contributed by atoms with Gasteiger partial charge in [0.25, 0.3) is 17.1 Å². The topological polar surface area (TPSA) is 115 Å². The van der Waals surface area contributed by atoms with Crippen molar-refractivity contribution in [3.8, 4) is 0 Å². The van der Waals surface area contributed by atoms with Crippen molar-refractivity contribution in [3.63, 3.8) is 0 Å². The average molecular weight is 784 g/mol. The summed E-state index contributed by atoms with van der Waals surface area (Å²) in [5.74, 6) is -0.186. The molecule has 14 heteroatoms. The summed E-state index contributed by atoms with van der Waals surface area (Å²) in [4.78, 5) is 49.1. The van der Waals surface area contributed by atoms with Crippen molar-refractivity contribution in [2.45, 2.75) is 67.1 Å². The molecular weight excluding hydrogens is 740 g/mol. The maximum Gasteiger partial charge on any atom is 0.496 e. The molecule has 2 amide bonds. The van der Waals surface area contributed by atoms with Crippen molar-refractivity contribution in [2.24, 2.45) is 0 Å². The summed E-state index contributed by atoms with van der Waals surface area (Å²) in [5.41, 5.74) is 4.18. The molecule has 0 saturated carbocycles. The summed E-state index contributed by atoms with van der Waals surface area (Å²) in [7, 11) is 6.39. The molecule has 10 nitrogen and oxygen atoms in total. The number of aromatic nitrogens is 3. The lowest BCUT2D eigenvalue weighted by molar-refractivity contribution is 0.00578. The molecule has 3 aromatic heterocycles. The number of aryl methyl sites for hydroxylation is 3. The van der Waals surface area contributed by atoms with Crippen LogP contribution in [-0.4, -0.2) is 88.3 Å². The Morgan fingerprint density at radius 3 is 1.39 bits per heavy atom. The summed E-state index contributed by atoms with van der Waals surface area (Å²) in [5, 5.41) is -0.527. The molecule has 1 aliphatic heterocycles. The zero-order chi connectivity index (χ0) is 34.4. The first-order chi connectivity index (χ1) is 20.7. The minimum atomic E-state index is -0.527. The van der Waals surface area contributed by atoms with Gasteiger partial charge in [-0.25, -0.2) is 4.98 Å². The maximum absolute atomic E-state index is 11.9. The van der Waals surface area contributed by atoms with E-state index in [1.54, 1.807) is 65.0 Å². The van der Waals surface area contributed by atoms with Crippen molar-refractivity contribution in [2.75, 3.05) is 28.2 Å². The molecule has 4 heterocycles. The quantitative estimate of drug-likeness (QED) is 0.220. The SMILES string of the molecule is C.Cc1cc(C(=O)Cl)ncc1Br.Cc1cc(C(=O)N(C)C)ncc1B1OC(C)(C)C(C)(C)O1.Cc1cc(C(=O)N(C)C)ncc1Br. The third-order valence-corrected chi connectivity index (χ3v) is 9.06. The first-order valence-electron chi connectivity index (χ1n) is 13.9. The molecule has 0 bridgehead atoms. The Hall–Kier alpha value is -2.71. The second-order valence-corrected chi connectivity index (χ2v) is 13.9. The van der Waals surface area contributed by atoms with E-state index in [2.05, 4.69) is 46.8 Å². The molecule has 46 heavy (non-hydrogen) atoms. The Labute approximate surface area is 295 Å². The molecule has 0 atom stereocenters. The van der Waals surface area contributed by atoms with Crippen molar-refractivity contribution in [1.82, 2.24) is 24.8 Å². The van der Waals surface area contributed by atoms with Crippen molar-refractivity contribution < 1.29 is 23.7 Å². The molecule has 0 aliphatic carbocycles. The number of rotatable bonds is 4. The Kier molecular flexibility index (Phi) is 15.2. The molecule has 1 aliphatic rings. The molecule has 0 unspecified atom stereocenters. The molecule has 1 fully saturated rings. The number of carbonyl (C=O) groups excluding carboxylic acids is 3. The van der Waals surface area contributed by atoms with Gasteiger partial charge in [-0.05, 0) is 127 Å². The summed E-state index contributed by atoms with van der Waals surface area (Å²) >= 11 is 11.8. The zero-order valence-electron chi connectivity index (χ0n) is 27.5. The van der Waals surface area contributed by atoms with Crippen LogP contribution in [0.15, 0.2) is 45.7 Å². The van der Waals surface area contributed by atoms with Crippen LogP contribution in [-0.2, 0) is 9.31 Å². The van der Waals surface area contributed by atoms with Crippen molar-refractivity contribution >= 4 is 73.1 Å². The molecule has 3 aromatic rings. The normalized spacial score (nSPS) is 14.1. The number of carbonyl (C=O) groups is 3. The Bertz CT molecular complexity index is 1550. The molecule has 0 N–H and O–H groups in total. The number of halogens is 3. The number of amides is 2. The van der Waals surface area contributed by atoms with E-state index in [9.17, 15) is 14.4 Å². The smallest absolute Gasteiger partial charge is 0.399 e. The monoisotopic (exact) mass is 781 g/mol. The Balaban J connectivity index is 0.000000365. The number of pyridine rings is 3.